The molecule has 1 unspecified atom stereocenters. The molecule has 0 spiro atoms. The first-order chi connectivity index (χ1) is 10.8. The fourth-order valence-electron chi connectivity index (χ4n) is 3.37. The van der Waals surface area contributed by atoms with E-state index in [-0.39, 0.29) is 0 Å². The Hall–Kier alpha value is -1.64. The summed E-state index contributed by atoms with van der Waals surface area (Å²) < 4.78 is 0. The molecule has 3 rings (SSSR count). The van der Waals surface area contributed by atoms with Crippen molar-refractivity contribution in [2.45, 2.75) is 31.8 Å². The van der Waals surface area contributed by atoms with Gasteiger partial charge in [-0.2, -0.15) is 0 Å². The maximum absolute atomic E-state index is 3.73. The van der Waals surface area contributed by atoms with Gasteiger partial charge in [0.15, 0.2) is 0 Å². The van der Waals surface area contributed by atoms with Crippen molar-refractivity contribution < 1.29 is 0 Å². The Morgan fingerprint density at radius 2 is 1.82 bits per heavy atom. The molecule has 0 aliphatic heterocycles. The molecular weight excluding hydrogens is 268 g/mol. The second-order valence-electron chi connectivity index (χ2n) is 6.32. The Balaban J connectivity index is 1.38. The highest BCUT2D eigenvalue weighted by molar-refractivity contribution is 5.34. The lowest BCUT2D eigenvalue weighted by Gasteiger charge is -2.18. The van der Waals surface area contributed by atoms with E-state index in [1.54, 1.807) is 0 Å². The zero-order valence-electron chi connectivity index (χ0n) is 13.5. The van der Waals surface area contributed by atoms with E-state index in [0.29, 0.717) is 6.04 Å². The van der Waals surface area contributed by atoms with E-state index in [0.717, 1.165) is 19.6 Å². The molecule has 0 aromatic heterocycles. The molecule has 22 heavy (non-hydrogen) atoms. The Bertz CT molecular complexity index is 579. The largest absolute Gasteiger partial charge is 0.310 e. The first kappa shape index (κ1) is 15.3. The van der Waals surface area contributed by atoms with Gasteiger partial charge in [-0.1, -0.05) is 54.6 Å². The van der Waals surface area contributed by atoms with E-state index < -0.39 is 0 Å². The van der Waals surface area contributed by atoms with Gasteiger partial charge >= 0.3 is 0 Å². The maximum Gasteiger partial charge on any atom is 0.0326 e. The van der Waals surface area contributed by atoms with Crippen LogP contribution in [0.2, 0.25) is 0 Å². The summed E-state index contributed by atoms with van der Waals surface area (Å²) in [7, 11) is 2.21. The van der Waals surface area contributed by atoms with Gasteiger partial charge in [0.1, 0.15) is 0 Å². The highest BCUT2D eigenvalue weighted by Gasteiger charge is 2.20. The standard InChI is InChI=1S/C20H26N2/c1-22(16-17-8-3-2-4-9-17)15-7-14-21-20-13-12-18-10-5-6-11-19(18)20/h2-6,8-11,20-21H,7,12-16H2,1H3. The van der Waals surface area contributed by atoms with Crippen LogP contribution in [0.5, 0.6) is 0 Å². The van der Waals surface area contributed by atoms with Gasteiger partial charge in [0.2, 0.25) is 0 Å². The summed E-state index contributed by atoms with van der Waals surface area (Å²) in [6.45, 7) is 3.27. The second kappa shape index (κ2) is 7.57. The molecule has 1 atom stereocenters. The van der Waals surface area contributed by atoms with Gasteiger partial charge in [-0.25, -0.2) is 0 Å². The molecule has 0 saturated heterocycles. The second-order valence-corrected chi connectivity index (χ2v) is 6.32. The molecule has 0 saturated carbocycles. The van der Waals surface area contributed by atoms with Gasteiger partial charge < -0.3 is 10.2 Å². The van der Waals surface area contributed by atoms with Crippen LogP contribution in [-0.4, -0.2) is 25.0 Å². The number of aryl methyl sites for hydroxylation is 1. The molecule has 2 heteroatoms. The van der Waals surface area contributed by atoms with Crippen molar-refractivity contribution >= 4 is 0 Å². The van der Waals surface area contributed by atoms with Crippen LogP contribution in [0.15, 0.2) is 54.6 Å². The number of nitrogens with zero attached hydrogens (tertiary/aromatic N) is 1. The fraction of sp³-hybridized carbons (Fsp3) is 0.400. The van der Waals surface area contributed by atoms with Gasteiger partial charge in [0.25, 0.3) is 0 Å². The van der Waals surface area contributed by atoms with E-state index in [9.17, 15) is 0 Å². The smallest absolute Gasteiger partial charge is 0.0326 e. The van der Waals surface area contributed by atoms with E-state index in [1.807, 2.05) is 0 Å². The molecule has 0 radical (unpaired) electrons. The van der Waals surface area contributed by atoms with Crippen molar-refractivity contribution in [1.82, 2.24) is 10.2 Å². The Labute approximate surface area is 134 Å². The predicted octanol–water partition coefficient (Wildman–Crippen LogP) is 3.79. The summed E-state index contributed by atoms with van der Waals surface area (Å²) in [5.41, 5.74) is 4.43. The first-order valence-corrected chi connectivity index (χ1v) is 8.36. The van der Waals surface area contributed by atoms with Crippen molar-refractivity contribution in [3.8, 4) is 0 Å². The van der Waals surface area contributed by atoms with E-state index in [4.69, 9.17) is 0 Å². The predicted molar refractivity (Wildman–Crippen MR) is 92.9 cm³/mol. The van der Waals surface area contributed by atoms with Crippen molar-refractivity contribution in [3.63, 3.8) is 0 Å². The van der Waals surface area contributed by atoms with Gasteiger partial charge in [0.05, 0.1) is 0 Å². The van der Waals surface area contributed by atoms with Crippen molar-refractivity contribution in [1.29, 1.82) is 0 Å². The molecule has 2 aromatic carbocycles. The molecule has 1 aliphatic carbocycles. The van der Waals surface area contributed by atoms with Gasteiger partial charge in [-0.05, 0) is 56.1 Å². The SMILES string of the molecule is CN(CCCNC1CCc2ccccc21)Cc1ccccc1. The molecule has 0 heterocycles. The number of nitrogens with one attached hydrogen (secondary N) is 1. The van der Waals surface area contributed by atoms with Crippen molar-refractivity contribution in [2.24, 2.45) is 0 Å². The molecule has 0 bridgehead atoms. The van der Waals surface area contributed by atoms with E-state index in [1.165, 1.54) is 36.0 Å². The zero-order valence-corrected chi connectivity index (χ0v) is 13.5. The van der Waals surface area contributed by atoms with Crippen molar-refractivity contribution in [2.75, 3.05) is 20.1 Å². The summed E-state index contributed by atoms with van der Waals surface area (Å²) in [6.07, 6.45) is 3.67. The normalized spacial score (nSPS) is 16.9. The summed E-state index contributed by atoms with van der Waals surface area (Å²) in [5, 5.41) is 3.73. The lowest BCUT2D eigenvalue weighted by atomic mass is 10.1. The zero-order chi connectivity index (χ0) is 15.2. The lowest BCUT2D eigenvalue weighted by molar-refractivity contribution is 0.316. The van der Waals surface area contributed by atoms with Crippen LogP contribution < -0.4 is 5.32 Å². The van der Waals surface area contributed by atoms with Crippen LogP contribution in [0.1, 0.15) is 35.6 Å². The third-order valence-electron chi connectivity index (χ3n) is 4.54. The number of hydrogen-bond acceptors (Lipinski definition) is 2. The van der Waals surface area contributed by atoms with Gasteiger partial charge in [-0.3, -0.25) is 0 Å². The minimum Gasteiger partial charge on any atom is -0.310 e. The average molecular weight is 294 g/mol. The van der Waals surface area contributed by atoms with Gasteiger partial charge in [0, 0.05) is 12.6 Å². The highest BCUT2D eigenvalue weighted by atomic mass is 15.1. The van der Waals surface area contributed by atoms with Crippen LogP contribution in [-0.2, 0) is 13.0 Å². The molecule has 0 fully saturated rings. The van der Waals surface area contributed by atoms with Crippen LogP contribution in [0.4, 0.5) is 0 Å². The summed E-state index contributed by atoms with van der Waals surface area (Å²) in [4.78, 5) is 2.40. The third kappa shape index (κ3) is 3.96. The fourth-order valence-corrected chi connectivity index (χ4v) is 3.37. The monoisotopic (exact) mass is 294 g/mol. The van der Waals surface area contributed by atoms with Crippen LogP contribution >= 0.6 is 0 Å². The number of hydrogen-bond donors (Lipinski definition) is 1. The minimum absolute atomic E-state index is 0.565. The molecule has 0 amide bonds. The molecule has 2 nitrogen and oxygen atoms in total. The Morgan fingerprint density at radius 3 is 2.68 bits per heavy atom. The molecule has 1 aliphatic rings. The first-order valence-electron chi connectivity index (χ1n) is 8.36. The van der Waals surface area contributed by atoms with E-state index >= 15 is 0 Å². The maximum atomic E-state index is 3.73. The van der Waals surface area contributed by atoms with E-state index in [2.05, 4.69) is 71.9 Å². The Morgan fingerprint density at radius 1 is 1.05 bits per heavy atom. The quantitative estimate of drug-likeness (QED) is 0.782. The third-order valence-corrected chi connectivity index (χ3v) is 4.54. The summed E-state index contributed by atoms with van der Waals surface area (Å²) in [6, 6.07) is 20.1. The topological polar surface area (TPSA) is 15.3 Å². The van der Waals surface area contributed by atoms with Crippen molar-refractivity contribution in [3.05, 3.63) is 71.3 Å². The average Bonchev–Trinajstić information content (AvgIpc) is 2.96. The lowest BCUT2D eigenvalue weighted by Crippen LogP contribution is -2.25. The van der Waals surface area contributed by atoms with Crippen LogP contribution in [0.25, 0.3) is 0 Å². The summed E-state index contributed by atoms with van der Waals surface area (Å²) in [5.74, 6) is 0. The summed E-state index contributed by atoms with van der Waals surface area (Å²) >= 11 is 0. The molecule has 1 N–H and O–H groups in total. The number of fused-ring (bicyclic) bond motifs is 1. The minimum atomic E-state index is 0.565. The van der Waals surface area contributed by atoms with Crippen LogP contribution in [0, 0.1) is 0 Å². The molecule has 2 aromatic rings. The number of benzene rings is 2. The Kier molecular flexibility index (Phi) is 5.25. The highest BCUT2D eigenvalue weighted by Crippen LogP contribution is 2.30. The van der Waals surface area contributed by atoms with Crippen LogP contribution in [0.3, 0.4) is 0 Å². The number of rotatable bonds is 7. The molecule has 116 valence electrons. The van der Waals surface area contributed by atoms with Gasteiger partial charge in [-0.15, -0.1) is 0 Å². The molecular formula is C20H26N2.